The fourth-order valence-electron chi connectivity index (χ4n) is 1.92. The van der Waals surface area contributed by atoms with Crippen molar-refractivity contribution in [2.45, 2.75) is 35.2 Å². The average molecular weight is 352 g/mol. The van der Waals surface area contributed by atoms with Crippen LogP contribution in [-0.2, 0) is 6.54 Å². The van der Waals surface area contributed by atoms with E-state index in [0.29, 0.717) is 0 Å². The van der Waals surface area contributed by atoms with Crippen LogP contribution in [0.15, 0.2) is 56.7 Å². The van der Waals surface area contributed by atoms with Gasteiger partial charge in [0.05, 0.1) is 0 Å². The Kier molecular flexibility index (Phi) is 4.44. The van der Waals surface area contributed by atoms with Crippen LogP contribution < -0.4 is 5.32 Å². The third kappa shape index (κ3) is 3.84. The van der Waals surface area contributed by atoms with Gasteiger partial charge in [0.25, 0.3) is 0 Å². The summed E-state index contributed by atoms with van der Waals surface area (Å²) in [6, 6.07) is 13.7. The van der Waals surface area contributed by atoms with Crippen LogP contribution in [0.2, 0.25) is 0 Å². The van der Waals surface area contributed by atoms with E-state index in [1.54, 1.807) is 23.9 Å². The molecule has 3 rings (SSSR count). The molecule has 0 heterocycles. The molecule has 0 aromatic heterocycles. The quantitative estimate of drug-likeness (QED) is 0.814. The second-order valence-electron chi connectivity index (χ2n) is 4.98. The van der Waals surface area contributed by atoms with Crippen LogP contribution >= 0.6 is 27.7 Å². The van der Waals surface area contributed by atoms with Crippen LogP contribution in [0.5, 0.6) is 0 Å². The first kappa shape index (κ1) is 14.1. The molecule has 1 saturated carbocycles. The monoisotopic (exact) mass is 351 g/mol. The first-order chi connectivity index (χ1) is 9.70. The van der Waals surface area contributed by atoms with Gasteiger partial charge in [0.1, 0.15) is 5.82 Å². The molecule has 0 spiro atoms. The highest BCUT2D eigenvalue weighted by Crippen LogP contribution is 2.34. The van der Waals surface area contributed by atoms with Crippen LogP contribution in [0.25, 0.3) is 0 Å². The topological polar surface area (TPSA) is 12.0 Å². The predicted molar refractivity (Wildman–Crippen MR) is 84.5 cm³/mol. The summed E-state index contributed by atoms with van der Waals surface area (Å²) < 4.78 is 14.0. The molecule has 2 aromatic rings. The number of benzene rings is 2. The zero-order valence-electron chi connectivity index (χ0n) is 10.9. The molecule has 1 aliphatic carbocycles. The summed E-state index contributed by atoms with van der Waals surface area (Å²) in [4.78, 5) is 2.18. The number of hydrogen-bond donors (Lipinski definition) is 1. The standard InChI is InChI=1S/C16H15BrFNS/c17-15-9-11(10-19-13-4-5-13)1-8-16(15)20-14-6-2-12(18)3-7-14/h1-3,6-9,13,19H,4-5,10H2. The van der Waals surface area contributed by atoms with E-state index in [1.807, 2.05) is 0 Å². The summed E-state index contributed by atoms with van der Waals surface area (Å²) in [5, 5.41) is 3.51. The molecule has 0 radical (unpaired) electrons. The summed E-state index contributed by atoms with van der Waals surface area (Å²) in [5.41, 5.74) is 1.28. The zero-order chi connectivity index (χ0) is 13.9. The minimum absolute atomic E-state index is 0.199. The molecule has 1 nitrogen and oxygen atoms in total. The van der Waals surface area contributed by atoms with E-state index in [0.717, 1.165) is 26.9 Å². The fraction of sp³-hybridized carbons (Fsp3) is 0.250. The lowest BCUT2D eigenvalue weighted by Gasteiger charge is -2.08. The number of halogens is 2. The highest BCUT2D eigenvalue weighted by Gasteiger charge is 2.19. The van der Waals surface area contributed by atoms with Crippen molar-refractivity contribution in [2.75, 3.05) is 0 Å². The van der Waals surface area contributed by atoms with E-state index >= 15 is 0 Å². The van der Waals surface area contributed by atoms with Gasteiger partial charge >= 0.3 is 0 Å². The molecule has 104 valence electrons. The Morgan fingerprint density at radius 2 is 1.90 bits per heavy atom. The highest BCUT2D eigenvalue weighted by atomic mass is 79.9. The highest BCUT2D eigenvalue weighted by molar-refractivity contribution is 9.10. The molecule has 1 fully saturated rings. The summed E-state index contributed by atoms with van der Waals surface area (Å²) >= 11 is 5.25. The molecule has 0 aliphatic heterocycles. The van der Waals surface area contributed by atoms with Gasteiger partial charge in [-0.1, -0.05) is 17.8 Å². The van der Waals surface area contributed by atoms with Gasteiger partial charge in [-0.25, -0.2) is 4.39 Å². The Morgan fingerprint density at radius 1 is 1.15 bits per heavy atom. The van der Waals surface area contributed by atoms with Gasteiger partial charge in [-0.3, -0.25) is 0 Å². The Labute approximate surface area is 131 Å². The summed E-state index contributed by atoms with van der Waals surface area (Å²) in [6.07, 6.45) is 2.61. The molecule has 1 aliphatic rings. The lowest BCUT2D eigenvalue weighted by molar-refractivity contribution is 0.626. The van der Waals surface area contributed by atoms with Crippen molar-refractivity contribution in [1.29, 1.82) is 0 Å². The van der Waals surface area contributed by atoms with Crippen molar-refractivity contribution >= 4 is 27.7 Å². The van der Waals surface area contributed by atoms with Gasteiger partial charge in [-0.15, -0.1) is 0 Å². The molecule has 0 saturated heterocycles. The van der Waals surface area contributed by atoms with Gasteiger partial charge in [-0.2, -0.15) is 0 Å². The Hall–Kier alpha value is -0.840. The van der Waals surface area contributed by atoms with E-state index in [9.17, 15) is 4.39 Å². The summed E-state index contributed by atoms with van der Waals surface area (Å²) in [6.45, 7) is 0.921. The minimum Gasteiger partial charge on any atom is -0.310 e. The summed E-state index contributed by atoms with van der Waals surface area (Å²) in [7, 11) is 0. The maximum atomic E-state index is 12.9. The van der Waals surface area contributed by atoms with Crippen molar-refractivity contribution in [3.63, 3.8) is 0 Å². The Morgan fingerprint density at radius 3 is 2.55 bits per heavy atom. The second kappa shape index (κ2) is 6.29. The van der Waals surface area contributed by atoms with E-state index in [1.165, 1.54) is 30.5 Å². The molecule has 0 unspecified atom stereocenters. The zero-order valence-corrected chi connectivity index (χ0v) is 13.3. The Balaban J connectivity index is 1.68. The molecule has 4 heteroatoms. The van der Waals surface area contributed by atoms with E-state index in [-0.39, 0.29) is 5.82 Å². The molecule has 20 heavy (non-hydrogen) atoms. The second-order valence-corrected chi connectivity index (χ2v) is 6.95. The minimum atomic E-state index is -0.199. The SMILES string of the molecule is Fc1ccc(Sc2ccc(CNC3CC3)cc2Br)cc1. The van der Waals surface area contributed by atoms with E-state index in [4.69, 9.17) is 0 Å². The van der Waals surface area contributed by atoms with Crippen molar-refractivity contribution in [2.24, 2.45) is 0 Å². The van der Waals surface area contributed by atoms with Crippen LogP contribution in [0.4, 0.5) is 4.39 Å². The molecule has 2 aromatic carbocycles. The van der Waals surface area contributed by atoms with Crippen LogP contribution in [0.1, 0.15) is 18.4 Å². The lowest BCUT2D eigenvalue weighted by atomic mass is 10.2. The number of rotatable bonds is 5. The van der Waals surface area contributed by atoms with Gasteiger partial charge in [0.2, 0.25) is 0 Å². The van der Waals surface area contributed by atoms with Gasteiger partial charge in [0.15, 0.2) is 0 Å². The van der Waals surface area contributed by atoms with Gasteiger partial charge < -0.3 is 5.32 Å². The largest absolute Gasteiger partial charge is 0.310 e. The van der Waals surface area contributed by atoms with Crippen molar-refractivity contribution < 1.29 is 4.39 Å². The van der Waals surface area contributed by atoms with Crippen molar-refractivity contribution in [3.8, 4) is 0 Å². The van der Waals surface area contributed by atoms with Crippen molar-refractivity contribution in [1.82, 2.24) is 5.32 Å². The normalized spacial score (nSPS) is 14.5. The molecule has 0 amide bonds. The lowest BCUT2D eigenvalue weighted by Crippen LogP contribution is -2.15. The van der Waals surface area contributed by atoms with Crippen LogP contribution in [-0.4, -0.2) is 6.04 Å². The third-order valence-electron chi connectivity index (χ3n) is 3.21. The fourth-order valence-corrected chi connectivity index (χ4v) is 3.40. The van der Waals surface area contributed by atoms with Gasteiger partial charge in [0, 0.05) is 26.9 Å². The molecule has 0 atom stereocenters. The number of hydrogen-bond acceptors (Lipinski definition) is 2. The van der Waals surface area contributed by atoms with E-state index < -0.39 is 0 Å². The maximum Gasteiger partial charge on any atom is 0.123 e. The predicted octanol–water partition coefficient (Wildman–Crippen LogP) is 4.99. The van der Waals surface area contributed by atoms with Crippen LogP contribution in [0.3, 0.4) is 0 Å². The first-order valence-electron chi connectivity index (χ1n) is 6.66. The summed E-state index contributed by atoms with van der Waals surface area (Å²) in [5.74, 6) is -0.199. The maximum absolute atomic E-state index is 12.9. The number of nitrogens with one attached hydrogen (secondary N) is 1. The van der Waals surface area contributed by atoms with Crippen LogP contribution in [0, 0.1) is 5.82 Å². The van der Waals surface area contributed by atoms with E-state index in [2.05, 4.69) is 39.4 Å². The molecular formula is C16H15BrFNS. The van der Waals surface area contributed by atoms with Crippen molar-refractivity contribution in [3.05, 3.63) is 58.3 Å². The molecule has 0 bridgehead atoms. The molecular weight excluding hydrogens is 337 g/mol. The third-order valence-corrected chi connectivity index (χ3v) is 5.21. The molecule has 1 N–H and O–H groups in total. The first-order valence-corrected chi connectivity index (χ1v) is 8.27. The average Bonchev–Trinajstić information content (AvgIpc) is 3.26. The Bertz CT molecular complexity index is 596. The van der Waals surface area contributed by atoms with Gasteiger partial charge in [-0.05, 0) is 70.7 Å². The smallest absolute Gasteiger partial charge is 0.123 e.